The van der Waals surface area contributed by atoms with E-state index in [2.05, 4.69) is 4.72 Å². The SMILES string of the molecule is CCC(=O)OC[C@@H](NS(=O)(=O)c1ccc(C)cc1)C(C)C. The molecule has 0 aliphatic heterocycles. The number of benzene rings is 1. The van der Waals surface area contributed by atoms with E-state index >= 15 is 0 Å². The predicted molar refractivity (Wildman–Crippen MR) is 81.4 cm³/mol. The molecule has 0 spiro atoms. The van der Waals surface area contributed by atoms with Crippen LogP contribution >= 0.6 is 0 Å². The lowest BCUT2D eigenvalue weighted by molar-refractivity contribution is -0.144. The van der Waals surface area contributed by atoms with Crippen molar-refractivity contribution in [1.82, 2.24) is 4.72 Å². The Morgan fingerprint density at radius 3 is 2.29 bits per heavy atom. The van der Waals surface area contributed by atoms with Crippen LogP contribution in [0.1, 0.15) is 32.8 Å². The van der Waals surface area contributed by atoms with Crippen LogP contribution in [0.25, 0.3) is 0 Å². The molecule has 0 fully saturated rings. The monoisotopic (exact) mass is 313 g/mol. The van der Waals surface area contributed by atoms with Crippen LogP contribution in [0.4, 0.5) is 0 Å². The van der Waals surface area contributed by atoms with E-state index in [1.165, 1.54) is 0 Å². The Kier molecular flexibility index (Phi) is 6.36. The highest BCUT2D eigenvalue weighted by atomic mass is 32.2. The number of nitrogens with one attached hydrogen (secondary N) is 1. The van der Waals surface area contributed by atoms with Crippen LogP contribution in [0.3, 0.4) is 0 Å². The van der Waals surface area contributed by atoms with Gasteiger partial charge in [-0.15, -0.1) is 0 Å². The number of hydrogen-bond donors (Lipinski definition) is 1. The molecular formula is C15H23NO4S. The van der Waals surface area contributed by atoms with Gasteiger partial charge in [0, 0.05) is 6.42 Å². The first-order valence-corrected chi connectivity index (χ1v) is 8.49. The third-order valence-electron chi connectivity index (χ3n) is 3.16. The Morgan fingerprint density at radius 2 is 1.81 bits per heavy atom. The Hall–Kier alpha value is -1.40. The predicted octanol–water partition coefficient (Wildman–Crippen LogP) is 2.25. The van der Waals surface area contributed by atoms with Crippen molar-refractivity contribution in [3.8, 4) is 0 Å². The fraction of sp³-hybridized carbons (Fsp3) is 0.533. The zero-order chi connectivity index (χ0) is 16.0. The molecule has 0 aromatic heterocycles. The summed E-state index contributed by atoms with van der Waals surface area (Å²) in [6.07, 6.45) is 0.273. The van der Waals surface area contributed by atoms with Gasteiger partial charge >= 0.3 is 5.97 Å². The van der Waals surface area contributed by atoms with Crippen molar-refractivity contribution in [3.05, 3.63) is 29.8 Å². The molecular weight excluding hydrogens is 290 g/mol. The lowest BCUT2D eigenvalue weighted by Crippen LogP contribution is -2.42. The van der Waals surface area contributed by atoms with E-state index in [1.54, 1.807) is 31.2 Å². The third-order valence-corrected chi connectivity index (χ3v) is 4.66. The molecule has 0 bridgehead atoms. The van der Waals surface area contributed by atoms with E-state index in [0.29, 0.717) is 0 Å². The van der Waals surface area contributed by atoms with E-state index in [0.717, 1.165) is 5.56 Å². The minimum Gasteiger partial charge on any atom is -0.464 e. The third kappa shape index (κ3) is 5.47. The number of carbonyl (C=O) groups excluding carboxylic acids is 1. The van der Waals surface area contributed by atoms with Crippen molar-refractivity contribution in [2.45, 2.75) is 45.1 Å². The molecule has 0 saturated heterocycles. The van der Waals surface area contributed by atoms with Crippen LogP contribution in [0.2, 0.25) is 0 Å². The number of rotatable bonds is 7. The van der Waals surface area contributed by atoms with Crippen LogP contribution in [0, 0.1) is 12.8 Å². The summed E-state index contributed by atoms with van der Waals surface area (Å²) in [5.74, 6) is -0.329. The van der Waals surface area contributed by atoms with Gasteiger partial charge < -0.3 is 4.74 Å². The molecule has 0 radical (unpaired) electrons. The van der Waals surface area contributed by atoms with Gasteiger partial charge in [-0.05, 0) is 25.0 Å². The van der Waals surface area contributed by atoms with Crippen LogP contribution in [0.5, 0.6) is 0 Å². The van der Waals surface area contributed by atoms with Crippen LogP contribution in [-0.2, 0) is 19.6 Å². The fourth-order valence-electron chi connectivity index (χ4n) is 1.63. The molecule has 0 unspecified atom stereocenters. The summed E-state index contributed by atoms with van der Waals surface area (Å²) >= 11 is 0. The molecule has 1 aromatic rings. The molecule has 118 valence electrons. The van der Waals surface area contributed by atoms with Crippen molar-refractivity contribution >= 4 is 16.0 Å². The van der Waals surface area contributed by atoms with Crippen molar-refractivity contribution in [3.63, 3.8) is 0 Å². The van der Waals surface area contributed by atoms with E-state index in [9.17, 15) is 13.2 Å². The topological polar surface area (TPSA) is 72.5 Å². The summed E-state index contributed by atoms with van der Waals surface area (Å²) in [7, 11) is -3.62. The second kappa shape index (κ2) is 7.56. The largest absolute Gasteiger partial charge is 0.464 e. The van der Waals surface area contributed by atoms with Gasteiger partial charge in [-0.25, -0.2) is 13.1 Å². The minimum atomic E-state index is -3.62. The molecule has 1 aromatic carbocycles. The molecule has 0 heterocycles. The van der Waals surface area contributed by atoms with Crippen molar-refractivity contribution in [2.24, 2.45) is 5.92 Å². The zero-order valence-electron chi connectivity index (χ0n) is 12.9. The van der Waals surface area contributed by atoms with E-state index in [1.807, 2.05) is 20.8 Å². The maximum atomic E-state index is 12.3. The highest BCUT2D eigenvalue weighted by Crippen LogP contribution is 2.13. The summed E-state index contributed by atoms with van der Waals surface area (Å²) in [4.78, 5) is 11.4. The molecule has 0 saturated carbocycles. The van der Waals surface area contributed by atoms with E-state index in [4.69, 9.17) is 4.74 Å². The second-order valence-corrected chi connectivity index (χ2v) is 7.04. The molecule has 0 aliphatic rings. The molecule has 6 heteroatoms. The number of aryl methyl sites for hydroxylation is 1. The number of carbonyl (C=O) groups is 1. The summed E-state index contributed by atoms with van der Waals surface area (Å²) in [6.45, 7) is 7.38. The number of ether oxygens (including phenoxy) is 1. The van der Waals surface area contributed by atoms with Crippen LogP contribution in [0.15, 0.2) is 29.2 Å². The zero-order valence-corrected chi connectivity index (χ0v) is 13.7. The number of hydrogen-bond acceptors (Lipinski definition) is 4. The molecule has 5 nitrogen and oxygen atoms in total. The maximum Gasteiger partial charge on any atom is 0.305 e. The summed E-state index contributed by atoms with van der Waals surface area (Å²) in [6, 6.07) is 6.17. The first-order valence-electron chi connectivity index (χ1n) is 7.01. The maximum absolute atomic E-state index is 12.3. The van der Waals surface area contributed by atoms with Crippen LogP contribution in [-0.4, -0.2) is 27.0 Å². The Morgan fingerprint density at radius 1 is 1.24 bits per heavy atom. The van der Waals surface area contributed by atoms with Crippen molar-refractivity contribution < 1.29 is 17.9 Å². The van der Waals surface area contributed by atoms with Gasteiger partial charge in [0.2, 0.25) is 10.0 Å². The van der Waals surface area contributed by atoms with E-state index in [-0.39, 0.29) is 29.8 Å². The lowest BCUT2D eigenvalue weighted by atomic mass is 10.1. The summed E-state index contributed by atoms with van der Waals surface area (Å²) in [5, 5.41) is 0. The molecule has 21 heavy (non-hydrogen) atoms. The molecule has 1 N–H and O–H groups in total. The molecule has 1 rings (SSSR count). The van der Waals surface area contributed by atoms with Crippen molar-refractivity contribution in [2.75, 3.05) is 6.61 Å². The molecule has 0 aliphatic carbocycles. The van der Waals surface area contributed by atoms with E-state index < -0.39 is 16.1 Å². The number of esters is 1. The first-order chi connectivity index (χ1) is 9.76. The Bertz CT molecular complexity index is 564. The highest BCUT2D eigenvalue weighted by molar-refractivity contribution is 7.89. The van der Waals surface area contributed by atoms with Gasteiger partial charge in [0.1, 0.15) is 6.61 Å². The van der Waals surface area contributed by atoms with Gasteiger partial charge in [0.05, 0.1) is 10.9 Å². The average Bonchev–Trinajstić information content (AvgIpc) is 2.43. The quantitative estimate of drug-likeness (QED) is 0.784. The fourth-order valence-corrected chi connectivity index (χ4v) is 3.00. The minimum absolute atomic E-state index is 0.00915. The van der Waals surface area contributed by atoms with Gasteiger partial charge in [-0.3, -0.25) is 4.79 Å². The van der Waals surface area contributed by atoms with Gasteiger partial charge in [0.25, 0.3) is 0 Å². The first kappa shape index (κ1) is 17.7. The van der Waals surface area contributed by atoms with Crippen LogP contribution < -0.4 is 4.72 Å². The highest BCUT2D eigenvalue weighted by Gasteiger charge is 2.23. The summed E-state index contributed by atoms with van der Waals surface area (Å²) < 4.78 is 32.3. The smallest absolute Gasteiger partial charge is 0.305 e. The Labute approximate surface area is 126 Å². The standard InChI is InChI=1S/C15H23NO4S/c1-5-15(17)20-10-14(11(2)3)16-21(18,19)13-8-6-12(4)7-9-13/h6-9,11,14,16H,5,10H2,1-4H3/t14-/m1/s1. The van der Waals surface area contributed by atoms with Gasteiger partial charge in [-0.1, -0.05) is 38.5 Å². The second-order valence-electron chi connectivity index (χ2n) is 5.32. The molecule has 1 atom stereocenters. The Balaban J connectivity index is 2.82. The lowest BCUT2D eigenvalue weighted by Gasteiger charge is -2.22. The normalized spacial score (nSPS) is 13.2. The van der Waals surface area contributed by atoms with Gasteiger partial charge in [0.15, 0.2) is 0 Å². The number of sulfonamides is 1. The summed E-state index contributed by atoms with van der Waals surface area (Å²) in [5.41, 5.74) is 0.992. The van der Waals surface area contributed by atoms with Crippen molar-refractivity contribution in [1.29, 1.82) is 0 Å². The average molecular weight is 313 g/mol. The molecule has 0 amide bonds. The van der Waals surface area contributed by atoms with Gasteiger partial charge in [-0.2, -0.15) is 0 Å².